The van der Waals surface area contributed by atoms with Gasteiger partial charge >= 0.3 is 5.97 Å². The summed E-state index contributed by atoms with van der Waals surface area (Å²) in [5.41, 5.74) is 5.79. The molecule has 1 fully saturated rings. The molecule has 0 aromatic carbocycles. The van der Waals surface area contributed by atoms with Crippen molar-refractivity contribution >= 4 is 30.7 Å². The van der Waals surface area contributed by atoms with E-state index in [2.05, 4.69) is 17.9 Å². The summed E-state index contributed by atoms with van der Waals surface area (Å²) in [5.74, 6) is 0.328. The van der Waals surface area contributed by atoms with E-state index in [1.807, 2.05) is 0 Å². The molecule has 0 spiro atoms. The largest absolute Gasteiger partial charge is 0.461 e. The van der Waals surface area contributed by atoms with Gasteiger partial charge in [-0.3, -0.25) is 0 Å². The minimum Gasteiger partial charge on any atom is -0.461 e. The molecule has 0 aromatic heterocycles. The molecule has 2 N–H and O–H groups in total. The van der Waals surface area contributed by atoms with Crippen molar-refractivity contribution in [3.8, 4) is 0 Å². The van der Waals surface area contributed by atoms with Crippen molar-refractivity contribution in [3.05, 3.63) is 0 Å². The molecule has 3 nitrogen and oxygen atoms in total. The summed E-state index contributed by atoms with van der Waals surface area (Å²) < 4.78 is 7.15. The molecule has 0 heterocycles. The number of rotatable bonds is 4. The van der Waals surface area contributed by atoms with Crippen molar-refractivity contribution < 1.29 is 9.53 Å². The lowest BCUT2D eigenvalue weighted by Crippen LogP contribution is -2.29. The summed E-state index contributed by atoms with van der Waals surface area (Å²) in [4.78, 5) is 11.6. The van der Waals surface area contributed by atoms with Crippen molar-refractivity contribution in [3.63, 3.8) is 0 Å². The molecule has 1 saturated carbocycles. The lowest BCUT2D eigenvalue weighted by Gasteiger charge is -2.13. The van der Waals surface area contributed by atoms with Gasteiger partial charge in [-0.2, -0.15) is 0 Å². The Morgan fingerprint density at radius 2 is 2.07 bits per heavy atom. The van der Waals surface area contributed by atoms with Crippen LogP contribution in [0.25, 0.3) is 0 Å². The average Bonchev–Trinajstić information content (AvgIpc) is 2.66. The van der Waals surface area contributed by atoms with E-state index in [0.717, 1.165) is 12.8 Å². The minimum atomic E-state index is -0.369. The third-order valence-corrected chi connectivity index (χ3v) is 5.41. The first kappa shape index (κ1) is 13.1. The van der Waals surface area contributed by atoms with Crippen LogP contribution in [0.15, 0.2) is 0 Å². The molecule has 88 valence electrons. The third-order valence-electron chi connectivity index (χ3n) is 2.27. The molecule has 1 aliphatic carbocycles. The number of ether oxygens (including phenoxy) is 1. The van der Waals surface area contributed by atoms with Crippen LogP contribution in [0.1, 0.15) is 39.5 Å². The van der Waals surface area contributed by atoms with Crippen molar-refractivity contribution in [1.29, 1.82) is 0 Å². The van der Waals surface area contributed by atoms with Crippen LogP contribution < -0.4 is 5.73 Å². The zero-order valence-electron chi connectivity index (χ0n) is 9.41. The molecule has 1 atom stereocenters. The summed E-state index contributed by atoms with van der Waals surface area (Å²) in [6.45, 7) is 4.21. The Morgan fingerprint density at radius 1 is 1.47 bits per heavy atom. The maximum Gasteiger partial charge on any atom is 0.333 e. The van der Waals surface area contributed by atoms with Gasteiger partial charge in [0.2, 0.25) is 0 Å². The highest BCUT2D eigenvalue weighted by Gasteiger charge is 2.21. The first-order valence-electron chi connectivity index (χ1n) is 5.51. The van der Waals surface area contributed by atoms with Crippen molar-refractivity contribution in [2.45, 2.75) is 49.7 Å². The van der Waals surface area contributed by atoms with Gasteiger partial charge in [-0.25, -0.2) is 4.79 Å². The number of hydrogen-bond acceptors (Lipinski definition) is 3. The fraction of sp³-hybridized carbons (Fsp3) is 0.818. The van der Waals surface area contributed by atoms with E-state index in [1.165, 1.54) is 12.8 Å². The Hall–Kier alpha value is 0.0300. The molecular formula is C11H20INO2. The number of hydrogen-bond donors (Lipinski definition) is 1. The zero-order chi connectivity index (χ0) is 11.3. The maximum atomic E-state index is 11.6. The quantitative estimate of drug-likeness (QED) is 0.373. The van der Waals surface area contributed by atoms with Gasteiger partial charge in [0, 0.05) is 0 Å². The minimum absolute atomic E-state index is 0.145. The molecule has 1 aliphatic rings. The highest BCUT2D eigenvalue weighted by molar-refractivity contribution is 14.2. The molecular weight excluding hydrogens is 305 g/mol. The summed E-state index contributed by atoms with van der Waals surface area (Å²) in [7, 11) is 0. The third kappa shape index (κ3) is 5.06. The average molecular weight is 325 g/mol. The molecule has 1 rings (SSSR count). The Balaban J connectivity index is 2.32. The molecule has 0 amide bonds. The van der Waals surface area contributed by atoms with Gasteiger partial charge in [0.25, 0.3) is 0 Å². The molecule has 0 saturated heterocycles. The highest BCUT2D eigenvalue weighted by Crippen LogP contribution is 2.22. The number of nitrogens with two attached hydrogens (primary N) is 1. The van der Waals surface area contributed by atoms with Gasteiger partial charge in [-0.15, -0.1) is 0 Å². The van der Waals surface area contributed by atoms with E-state index in [0.29, 0.717) is 5.92 Å². The molecule has 1 unspecified atom stereocenters. The second-order valence-corrected chi connectivity index (χ2v) is 7.02. The predicted octanol–water partition coefficient (Wildman–Crippen LogP) is 2.19. The SMILES string of the molecule is CC(C)C=IC(N)C(=O)OC1CCCC1. The molecule has 0 bridgehead atoms. The van der Waals surface area contributed by atoms with Crippen LogP contribution in [0.3, 0.4) is 0 Å². The molecule has 15 heavy (non-hydrogen) atoms. The van der Waals surface area contributed by atoms with Crippen LogP contribution >= 0.6 is 20.7 Å². The van der Waals surface area contributed by atoms with Crippen LogP contribution in [0.5, 0.6) is 0 Å². The van der Waals surface area contributed by atoms with Gasteiger partial charge in [0.05, 0.1) is 0 Å². The Labute approximate surface area is 101 Å². The smallest absolute Gasteiger partial charge is 0.333 e. The predicted molar refractivity (Wildman–Crippen MR) is 71.2 cm³/mol. The second-order valence-electron chi connectivity index (χ2n) is 4.24. The highest BCUT2D eigenvalue weighted by atomic mass is 127. The van der Waals surface area contributed by atoms with Crippen LogP contribution in [0.4, 0.5) is 0 Å². The monoisotopic (exact) mass is 325 g/mol. The Bertz CT molecular complexity index is 235. The second kappa shape index (κ2) is 6.58. The van der Waals surface area contributed by atoms with E-state index in [9.17, 15) is 4.79 Å². The standard InChI is InChI=1S/C11H20INO2/c1-8(2)7-12-10(13)11(14)15-9-5-3-4-6-9/h7-10H,3-6,13H2,1-2H3. The van der Waals surface area contributed by atoms with Crippen LogP contribution in [-0.2, 0) is 9.53 Å². The summed E-state index contributed by atoms with van der Waals surface area (Å²) in [6, 6.07) is 0. The van der Waals surface area contributed by atoms with Crippen LogP contribution in [0, 0.1) is 5.92 Å². The number of alkyl halides is 1. The number of carbonyl (C=O) groups is 1. The molecule has 0 aliphatic heterocycles. The fourth-order valence-electron chi connectivity index (χ4n) is 1.51. The van der Waals surface area contributed by atoms with Crippen molar-refractivity contribution in [2.75, 3.05) is 0 Å². The number of carbonyl (C=O) groups excluding carboxylic acids is 1. The van der Waals surface area contributed by atoms with E-state index in [-0.39, 0.29) is 36.9 Å². The number of halogens is 1. The fourth-order valence-corrected chi connectivity index (χ4v) is 3.23. The topological polar surface area (TPSA) is 52.3 Å². The maximum absolute atomic E-state index is 11.6. The molecule has 4 heteroatoms. The van der Waals surface area contributed by atoms with E-state index in [1.54, 1.807) is 0 Å². The molecule has 0 radical (unpaired) electrons. The zero-order valence-corrected chi connectivity index (χ0v) is 11.6. The van der Waals surface area contributed by atoms with Gasteiger partial charge in [0.15, 0.2) is 4.05 Å². The Kier molecular flexibility index (Phi) is 5.74. The lowest BCUT2D eigenvalue weighted by molar-refractivity contribution is -0.147. The van der Waals surface area contributed by atoms with E-state index >= 15 is 0 Å². The van der Waals surface area contributed by atoms with Gasteiger partial charge < -0.3 is 10.5 Å². The normalized spacial score (nSPS) is 20.5. The summed E-state index contributed by atoms with van der Waals surface area (Å²) >= 11 is -0.362. The molecule has 0 aromatic rings. The van der Waals surface area contributed by atoms with Gasteiger partial charge in [0.1, 0.15) is 6.10 Å². The van der Waals surface area contributed by atoms with Crippen LogP contribution in [0.2, 0.25) is 0 Å². The van der Waals surface area contributed by atoms with Crippen LogP contribution in [-0.4, -0.2) is 20.1 Å². The summed E-state index contributed by atoms with van der Waals surface area (Å²) in [5, 5.41) is 0. The van der Waals surface area contributed by atoms with Crippen molar-refractivity contribution in [2.24, 2.45) is 11.7 Å². The first-order valence-corrected chi connectivity index (χ1v) is 8.00. The van der Waals surface area contributed by atoms with E-state index < -0.39 is 0 Å². The van der Waals surface area contributed by atoms with Gasteiger partial charge in [-0.1, -0.05) is 38.6 Å². The Morgan fingerprint density at radius 3 is 2.60 bits per heavy atom. The van der Waals surface area contributed by atoms with Crippen molar-refractivity contribution in [1.82, 2.24) is 0 Å². The lowest BCUT2D eigenvalue weighted by atomic mass is 10.3. The summed E-state index contributed by atoms with van der Waals surface area (Å²) in [6.07, 6.45) is 4.54. The van der Waals surface area contributed by atoms with E-state index in [4.69, 9.17) is 10.5 Å². The number of esters is 1. The first-order chi connectivity index (χ1) is 7.09. The van der Waals surface area contributed by atoms with Gasteiger partial charge in [-0.05, 0) is 31.6 Å².